The van der Waals surface area contributed by atoms with E-state index in [1.165, 1.54) is 135 Å². The molecule has 6 heteroatoms. The van der Waals surface area contributed by atoms with Gasteiger partial charge in [-0.05, 0) is 45.4 Å². The van der Waals surface area contributed by atoms with Gasteiger partial charge in [-0.15, -0.1) is 0 Å². The summed E-state index contributed by atoms with van der Waals surface area (Å²) in [6, 6.07) is 0. The molecule has 1 heterocycles. The number of nitrogens with zero attached hydrogens (tertiary/aromatic N) is 2. The van der Waals surface area contributed by atoms with Crippen LogP contribution in [0.4, 0.5) is 0 Å². The molecular weight excluding hydrogens is 536 g/mol. The predicted molar refractivity (Wildman–Crippen MR) is 179 cm³/mol. The Hall–Kier alpha value is -1.46. The summed E-state index contributed by atoms with van der Waals surface area (Å²) in [6.45, 7) is 6.46. The number of unbranched alkanes of at least 4 members (excludes halogenated alkanes) is 22. The van der Waals surface area contributed by atoms with Crippen molar-refractivity contribution in [1.82, 2.24) is 0 Å². The van der Waals surface area contributed by atoms with Crippen molar-refractivity contribution in [2.45, 2.75) is 219 Å². The van der Waals surface area contributed by atoms with Crippen LogP contribution >= 0.6 is 0 Å². The Labute approximate surface area is 266 Å². The van der Waals surface area contributed by atoms with E-state index in [1.54, 1.807) is 6.92 Å². The number of rotatable bonds is 33. The van der Waals surface area contributed by atoms with Crippen molar-refractivity contribution in [3.63, 3.8) is 0 Å². The van der Waals surface area contributed by atoms with Gasteiger partial charge < -0.3 is 9.47 Å². The van der Waals surface area contributed by atoms with Gasteiger partial charge in [0.25, 0.3) is 0 Å². The first kappa shape index (κ1) is 39.6. The monoisotopic (exact) mass is 607 g/mol. The molecule has 43 heavy (non-hydrogen) atoms. The number of hydrogen-bond acceptors (Lipinski definition) is 6. The predicted octanol–water partition coefficient (Wildman–Crippen LogP) is 12.0. The molecule has 6 nitrogen and oxygen atoms in total. The lowest BCUT2D eigenvalue weighted by Crippen LogP contribution is -2.22. The Balaban J connectivity index is 1.81. The maximum atomic E-state index is 12.1. The van der Waals surface area contributed by atoms with Crippen LogP contribution in [0.15, 0.2) is 10.2 Å². The number of carbonyl (C=O) groups is 2. The zero-order valence-electron chi connectivity index (χ0n) is 28.8. The zero-order valence-corrected chi connectivity index (χ0v) is 28.8. The number of ether oxygens (including phenoxy) is 2. The van der Waals surface area contributed by atoms with Crippen LogP contribution in [0.25, 0.3) is 0 Å². The zero-order chi connectivity index (χ0) is 31.3. The van der Waals surface area contributed by atoms with Crippen molar-refractivity contribution < 1.29 is 19.1 Å². The van der Waals surface area contributed by atoms with E-state index in [2.05, 4.69) is 24.1 Å². The SMILES string of the molecule is CCCCCCCCCCCCCCCCCC(=O)OCC(C)OC(=O)CCCCCCCCCCC1(CCCC)N=N1. The van der Waals surface area contributed by atoms with Crippen LogP contribution in [0.3, 0.4) is 0 Å². The molecule has 1 rings (SSSR count). The Morgan fingerprint density at radius 1 is 0.512 bits per heavy atom. The average molecular weight is 607 g/mol. The smallest absolute Gasteiger partial charge is 0.306 e. The molecule has 0 amide bonds. The summed E-state index contributed by atoms with van der Waals surface area (Å²) in [6.07, 6.45) is 34.3. The summed E-state index contributed by atoms with van der Waals surface area (Å²) in [5.74, 6) is -0.356. The third-order valence-electron chi connectivity index (χ3n) is 8.82. The van der Waals surface area contributed by atoms with Crippen molar-refractivity contribution >= 4 is 11.9 Å². The fraction of sp³-hybridized carbons (Fsp3) is 0.946. The van der Waals surface area contributed by atoms with Crippen molar-refractivity contribution in [3.8, 4) is 0 Å². The van der Waals surface area contributed by atoms with Crippen LogP contribution in [0, 0.1) is 0 Å². The lowest BCUT2D eigenvalue weighted by Gasteiger charge is -2.13. The van der Waals surface area contributed by atoms with E-state index in [-0.39, 0.29) is 30.3 Å². The van der Waals surface area contributed by atoms with Crippen molar-refractivity contribution in [1.29, 1.82) is 0 Å². The highest BCUT2D eigenvalue weighted by Crippen LogP contribution is 2.38. The first-order chi connectivity index (χ1) is 21.0. The highest BCUT2D eigenvalue weighted by atomic mass is 16.6. The molecule has 1 aliphatic heterocycles. The summed E-state index contributed by atoms with van der Waals surface area (Å²) in [5, 5.41) is 8.58. The summed E-state index contributed by atoms with van der Waals surface area (Å²) < 4.78 is 10.8. The number of carbonyl (C=O) groups excluding carboxylic acids is 2. The van der Waals surface area contributed by atoms with Gasteiger partial charge in [-0.3, -0.25) is 9.59 Å². The van der Waals surface area contributed by atoms with Crippen LogP contribution in [-0.4, -0.2) is 30.3 Å². The van der Waals surface area contributed by atoms with Crippen molar-refractivity contribution in [2.24, 2.45) is 10.2 Å². The summed E-state index contributed by atoms with van der Waals surface area (Å²) in [5.41, 5.74) is 0.00904. The molecule has 0 N–H and O–H groups in total. The Morgan fingerprint density at radius 3 is 1.33 bits per heavy atom. The van der Waals surface area contributed by atoms with Gasteiger partial charge >= 0.3 is 11.9 Å². The Bertz CT molecular complexity index is 690. The molecule has 1 atom stereocenters. The highest BCUT2D eigenvalue weighted by molar-refractivity contribution is 5.70. The number of hydrogen-bond donors (Lipinski definition) is 0. The molecular formula is C37H70N2O4. The molecule has 0 fully saturated rings. The maximum absolute atomic E-state index is 12.1. The van der Waals surface area contributed by atoms with Gasteiger partial charge in [-0.25, -0.2) is 0 Å². The van der Waals surface area contributed by atoms with Crippen molar-refractivity contribution in [2.75, 3.05) is 6.61 Å². The molecule has 0 spiro atoms. The Morgan fingerprint density at radius 2 is 0.884 bits per heavy atom. The fourth-order valence-electron chi connectivity index (χ4n) is 5.83. The molecule has 0 aliphatic carbocycles. The molecule has 0 saturated heterocycles. The summed E-state index contributed by atoms with van der Waals surface area (Å²) in [7, 11) is 0. The van der Waals surface area contributed by atoms with Gasteiger partial charge in [0.2, 0.25) is 0 Å². The third kappa shape index (κ3) is 25.6. The van der Waals surface area contributed by atoms with E-state index in [0.717, 1.165) is 38.5 Å². The number of esters is 2. The lowest BCUT2D eigenvalue weighted by atomic mass is 9.98. The second-order valence-electron chi connectivity index (χ2n) is 13.3. The molecule has 252 valence electrons. The first-order valence-corrected chi connectivity index (χ1v) is 18.8. The molecule has 0 aromatic rings. The van der Waals surface area contributed by atoms with Crippen LogP contribution in [0.2, 0.25) is 0 Å². The first-order valence-electron chi connectivity index (χ1n) is 18.8. The maximum Gasteiger partial charge on any atom is 0.306 e. The normalized spacial score (nSPS) is 14.1. The minimum Gasteiger partial charge on any atom is -0.462 e. The van der Waals surface area contributed by atoms with E-state index < -0.39 is 0 Å². The minimum atomic E-state index is -0.380. The molecule has 1 unspecified atom stereocenters. The van der Waals surface area contributed by atoms with E-state index in [9.17, 15) is 9.59 Å². The summed E-state index contributed by atoms with van der Waals surface area (Å²) in [4.78, 5) is 24.1. The van der Waals surface area contributed by atoms with Gasteiger partial charge in [0.05, 0.1) is 0 Å². The van der Waals surface area contributed by atoms with Gasteiger partial charge in [-0.2, -0.15) is 10.2 Å². The third-order valence-corrected chi connectivity index (χ3v) is 8.82. The van der Waals surface area contributed by atoms with Crippen LogP contribution in [-0.2, 0) is 19.1 Å². The topological polar surface area (TPSA) is 77.3 Å². The van der Waals surface area contributed by atoms with Crippen molar-refractivity contribution in [3.05, 3.63) is 0 Å². The molecule has 0 radical (unpaired) electrons. The largest absolute Gasteiger partial charge is 0.462 e. The van der Waals surface area contributed by atoms with Gasteiger partial charge in [0, 0.05) is 12.8 Å². The molecule has 0 saturated carbocycles. The lowest BCUT2D eigenvalue weighted by molar-refractivity contribution is -0.158. The van der Waals surface area contributed by atoms with Gasteiger partial charge in [0.15, 0.2) is 5.66 Å². The highest BCUT2D eigenvalue weighted by Gasteiger charge is 2.37. The molecule has 0 aromatic carbocycles. The standard InChI is InChI=1S/C37H70N2O4/c1-4-6-8-9-10-11-12-13-14-15-16-17-20-23-26-29-35(40)42-33-34(3)43-36(41)30-27-24-21-18-19-22-25-28-32-37(38-39-37)31-7-5-2/h34H,4-33H2,1-3H3. The molecule has 1 aliphatic rings. The van der Waals surface area contributed by atoms with E-state index >= 15 is 0 Å². The summed E-state index contributed by atoms with van der Waals surface area (Å²) >= 11 is 0. The minimum absolute atomic E-state index is 0.00904. The molecule has 0 bridgehead atoms. The fourth-order valence-corrected chi connectivity index (χ4v) is 5.83. The van der Waals surface area contributed by atoms with Gasteiger partial charge in [-0.1, -0.05) is 149 Å². The average Bonchev–Trinajstić information content (AvgIpc) is 3.77. The second kappa shape index (κ2) is 28.0. The second-order valence-corrected chi connectivity index (χ2v) is 13.3. The quantitative estimate of drug-likeness (QED) is 0.0550. The van der Waals surface area contributed by atoms with E-state index in [4.69, 9.17) is 9.47 Å². The van der Waals surface area contributed by atoms with Crippen LogP contribution < -0.4 is 0 Å². The van der Waals surface area contributed by atoms with E-state index in [1.807, 2.05) is 0 Å². The van der Waals surface area contributed by atoms with Gasteiger partial charge in [0.1, 0.15) is 12.7 Å². The Kier molecular flexibility index (Phi) is 25.8. The van der Waals surface area contributed by atoms with E-state index in [0.29, 0.717) is 12.8 Å². The van der Waals surface area contributed by atoms with Crippen LogP contribution in [0.1, 0.15) is 207 Å². The van der Waals surface area contributed by atoms with Crippen LogP contribution in [0.5, 0.6) is 0 Å². The molecule has 0 aromatic heterocycles.